The predicted molar refractivity (Wildman–Crippen MR) is 101 cm³/mol. The van der Waals surface area contributed by atoms with Crippen molar-refractivity contribution in [3.8, 4) is 0 Å². The first-order chi connectivity index (χ1) is 12.2. The van der Waals surface area contributed by atoms with Crippen LogP contribution in [0, 0.1) is 5.92 Å². The highest BCUT2D eigenvalue weighted by Crippen LogP contribution is 2.36. The van der Waals surface area contributed by atoms with Gasteiger partial charge >= 0.3 is 6.03 Å². The van der Waals surface area contributed by atoms with Crippen molar-refractivity contribution in [3.63, 3.8) is 0 Å². The molecule has 26 heavy (non-hydrogen) atoms. The van der Waals surface area contributed by atoms with Gasteiger partial charge in [-0.2, -0.15) is 0 Å². The van der Waals surface area contributed by atoms with Gasteiger partial charge < -0.3 is 5.32 Å². The molecule has 0 radical (unpaired) electrons. The molecule has 0 heterocycles. The molecule has 1 aromatic rings. The van der Waals surface area contributed by atoms with Gasteiger partial charge in [0, 0.05) is 12.8 Å². The first-order valence-electron chi connectivity index (χ1n) is 8.80. The van der Waals surface area contributed by atoms with E-state index in [9.17, 15) is 18.0 Å². The zero-order chi connectivity index (χ0) is 19.3. The molecule has 0 aliphatic heterocycles. The van der Waals surface area contributed by atoms with Crippen molar-refractivity contribution < 1.29 is 18.0 Å². The molecule has 1 aliphatic carbocycles. The van der Waals surface area contributed by atoms with E-state index in [0.29, 0.717) is 24.4 Å². The maximum absolute atomic E-state index is 12.7. The van der Waals surface area contributed by atoms with Crippen LogP contribution in [0.4, 0.5) is 4.79 Å². The lowest BCUT2D eigenvalue weighted by molar-refractivity contribution is -0.121. The number of hydrogen-bond donors (Lipinski definition) is 2. The molecule has 1 saturated carbocycles. The topological polar surface area (TPSA) is 92.3 Å². The second-order valence-corrected chi connectivity index (χ2v) is 9.14. The summed E-state index contributed by atoms with van der Waals surface area (Å²) in [5, 5.41) is 5.00. The number of benzene rings is 1. The quantitative estimate of drug-likeness (QED) is 0.766. The fraction of sp³-hybridized carbons (Fsp3) is 0.556. The normalized spacial score (nSPS) is 16.3. The number of urea groups is 1. The number of rotatable bonds is 6. The van der Waals surface area contributed by atoms with Crippen LogP contribution in [-0.4, -0.2) is 33.2 Å². The highest BCUT2D eigenvalue weighted by molar-refractivity contribution is 7.90. The van der Waals surface area contributed by atoms with Crippen LogP contribution in [0.1, 0.15) is 50.5 Å². The van der Waals surface area contributed by atoms with Gasteiger partial charge in [-0.25, -0.2) is 13.2 Å². The molecule has 1 fully saturated rings. The van der Waals surface area contributed by atoms with Gasteiger partial charge in [0.05, 0.1) is 15.8 Å². The molecule has 1 aromatic carbocycles. The molecule has 0 saturated heterocycles. The summed E-state index contributed by atoms with van der Waals surface area (Å²) in [4.78, 5) is 24.4. The van der Waals surface area contributed by atoms with Gasteiger partial charge in [-0.15, -0.1) is 0 Å². The molecule has 8 heteroatoms. The van der Waals surface area contributed by atoms with Crippen LogP contribution in [0.3, 0.4) is 0 Å². The molecule has 0 unspecified atom stereocenters. The number of imide groups is 1. The first-order valence-corrected chi connectivity index (χ1v) is 11.1. The van der Waals surface area contributed by atoms with Gasteiger partial charge in [-0.1, -0.05) is 43.4 Å². The molecule has 3 amide bonds. The number of sulfone groups is 1. The van der Waals surface area contributed by atoms with E-state index in [-0.39, 0.29) is 9.92 Å². The summed E-state index contributed by atoms with van der Waals surface area (Å²) < 4.78 is 23.5. The Morgan fingerprint density at radius 2 is 1.92 bits per heavy atom. The second-order valence-electron chi connectivity index (χ2n) is 6.75. The lowest BCUT2D eigenvalue weighted by Crippen LogP contribution is -2.42. The third-order valence-corrected chi connectivity index (χ3v) is 6.27. The summed E-state index contributed by atoms with van der Waals surface area (Å²) in [5.41, 5.74) is 0.621. The van der Waals surface area contributed by atoms with Crippen molar-refractivity contribution in [1.29, 1.82) is 0 Å². The van der Waals surface area contributed by atoms with E-state index in [4.69, 9.17) is 11.6 Å². The fourth-order valence-electron chi connectivity index (χ4n) is 3.41. The molecule has 0 spiro atoms. The second kappa shape index (κ2) is 8.86. The van der Waals surface area contributed by atoms with Gasteiger partial charge in [0.2, 0.25) is 5.91 Å². The molecule has 0 aromatic heterocycles. The summed E-state index contributed by atoms with van der Waals surface area (Å²) in [6.07, 6.45) is 6.10. The van der Waals surface area contributed by atoms with Crippen molar-refractivity contribution in [3.05, 3.63) is 28.8 Å². The molecule has 1 atom stereocenters. The number of amides is 3. The summed E-state index contributed by atoms with van der Waals surface area (Å²) in [7, 11) is -3.44. The van der Waals surface area contributed by atoms with E-state index in [1.54, 1.807) is 13.0 Å². The third-order valence-electron chi connectivity index (χ3n) is 4.69. The maximum atomic E-state index is 12.7. The number of nitrogens with one attached hydrogen (secondary N) is 2. The lowest BCUT2D eigenvalue weighted by Gasteiger charge is -2.21. The Labute approximate surface area is 159 Å². The molecular formula is C18H25ClN2O4S. The molecule has 2 N–H and O–H groups in total. The van der Waals surface area contributed by atoms with Crippen molar-refractivity contribution in [2.45, 2.75) is 49.8 Å². The minimum Gasteiger partial charge on any atom is -0.338 e. The summed E-state index contributed by atoms with van der Waals surface area (Å²) >= 11 is 6.14. The van der Waals surface area contributed by atoms with E-state index in [2.05, 4.69) is 10.6 Å². The zero-order valence-electron chi connectivity index (χ0n) is 15.0. The molecule has 144 valence electrons. The van der Waals surface area contributed by atoms with Crippen molar-refractivity contribution >= 4 is 33.4 Å². The minimum absolute atomic E-state index is 0.0340. The van der Waals surface area contributed by atoms with Gasteiger partial charge in [-0.3, -0.25) is 10.1 Å². The summed E-state index contributed by atoms with van der Waals surface area (Å²) in [6, 6.07) is 4.02. The SMILES string of the molecule is CCNC(=O)NC(=O)[C@H](CC1CCCC1)c1ccc(S(C)(=O)=O)c(Cl)c1. The molecule has 0 bridgehead atoms. The van der Waals surface area contributed by atoms with Crippen molar-refractivity contribution in [1.82, 2.24) is 10.6 Å². The zero-order valence-corrected chi connectivity index (χ0v) is 16.6. The molecule has 1 aliphatic rings. The van der Waals surface area contributed by atoms with Crippen LogP contribution >= 0.6 is 11.6 Å². The van der Waals surface area contributed by atoms with Gasteiger partial charge in [0.1, 0.15) is 0 Å². The largest absolute Gasteiger partial charge is 0.338 e. The van der Waals surface area contributed by atoms with E-state index < -0.39 is 27.7 Å². The van der Waals surface area contributed by atoms with Crippen molar-refractivity contribution in [2.24, 2.45) is 5.92 Å². The van der Waals surface area contributed by atoms with Crippen LogP contribution < -0.4 is 10.6 Å². The Morgan fingerprint density at radius 1 is 1.27 bits per heavy atom. The van der Waals surface area contributed by atoms with E-state index in [1.807, 2.05) is 0 Å². The van der Waals surface area contributed by atoms with Crippen LogP contribution in [0.5, 0.6) is 0 Å². The number of carbonyl (C=O) groups excluding carboxylic acids is 2. The Bertz CT molecular complexity index is 773. The minimum atomic E-state index is -3.44. The molecular weight excluding hydrogens is 376 g/mol. The van der Waals surface area contributed by atoms with Crippen LogP contribution in [-0.2, 0) is 14.6 Å². The summed E-state index contributed by atoms with van der Waals surface area (Å²) in [5.74, 6) is -0.536. The lowest BCUT2D eigenvalue weighted by atomic mass is 9.87. The van der Waals surface area contributed by atoms with Gasteiger partial charge in [-0.05, 0) is 37.0 Å². The first kappa shape index (κ1) is 20.7. The molecule has 6 nitrogen and oxygen atoms in total. The fourth-order valence-corrected chi connectivity index (χ4v) is 4.75. The summed E-state index contributed by atoms with van der Waals surface area (Å²) in [6.45, 7) is 2.19. The Kier molecular flexibility index (Phi) is 7.06. The van der Waals surface area contributed by atoms with Crippen LogP contribution in [0.2, 0.25) is 5.02 Å². The maximum Gasteiger partial charge on any atom is 0.321 e. The van der Waals surface area contributed by atoms with E-state index in [0.717, 1.165) is 31.9 Å². The van der Waals surface area contributed by atoms with Crippen molar-refractivity contribution in [2.75, 3.05) is 12.8 Å². The van der Waals surface area contributed by atoms with E-state index in [1.165, 1.54) is 12.1 Å². The predicted octanol–water partition coefficient (Wildman–Crippen LogP) is 3.25. The average Bonchev–Trinajstić information content (AvgIpc) is 3.04. The monoisotopic (exact) mass is 400 g/mol. The van der Waals surface area contributed by atoms with E-state index >= 15 is 0 Å². The highest BCUT2D eigenvalue weighted by Gasteiger charge is 2.28. The Balaban J connectivity index is 2.28. The third kappa shape index (κ3) is 5.45. The molecule has 2 rings (SSSR count). The van der Waals surface area contributed by atoms with Gasteiger partial charge in [0.15, 0.2) is 9.84 Å². The Morgan fingerprint density at radius 3 is 2.46 bits per heavy atom. The standard InChI is InChI=1S/C18H25ClN2O4S/c1-3-20-18(23)21-17(22)14(10-12-6-4-5-7-12)13-8-9-16(15(19)11-13)26(2,24)25/h8-9,11-12,14H,3-7,10H2,1-2H3,(H2,20,21,22,23)/t14-/m1/s1. The van der Waals surface area contributed by atoms with Crippen LogP contribution in [0.25, 0.3) is 0 Å². The average molecular weight is 401 g/mol. The van der Waals surface area contributed by atoms with Crippen LogP contribution in [0.15, 0.2) is 23.1 Å². The number of hydrogen-bond acceptors (Lipinski definition) is 4. The van der Waals surface area contributed by atoms with Gasteiger partial charge in [0.25, 0.3) is 0 Å². The number of carbonyl (C=O) groups is 2. The highest BCUT2D eigenvalue weighted by atomic mass is 35.5. The Hall–Kier alpha value is -1.60. The smallest absolute Gasteiger partial charge is 0.321 e. The number of halogens is 1.